The third-order valence-corrected chi connectivity index (χ3v) is 5.22. The molecule has 0 spiro atoms. The summed E-state index contributed by atoms with van der Waals surface area (Å²) < 4.78 is 0. The fourth-order valence-corrected chi connectivity index (χ4v) is 3.78. The van der Waals surface area contributed by atoms with Gasteiger partial charge in [-0.05, 0) is 58.4 Å². The maximum Gasteiger partial charge on any atom is 0.130 e. The minimum atomic E-state index is -0.648. The van der Waals surface area contributed by atoms with Crippen molar-refractivity contribution in [2.75, 3.05) is 0 Å². The molecule has 0 aliphatic rings. The Morgan fingerprint density at radius 2 is 1.28 bits per heavy atom. The second kappa shape index (κ2) is 10.4. The van der Waals surface area contributed by atoms with E-state index in [1.807, 2.05) is 44.2 Å². The Bertz CT molecular complexity index is 589. The van der Waals surface area contributed by atoms with Crippen LogP contribution in [0.4, 0.5) is 0 Å². The van der Waals surface area contributed by atoms with Crippen LogP contribution < -0.4 is 0 Å². The number of benzene rings is 1. The molecule has 1 rings (SSSR count). The first kappa shape index (κ1) is 26.1. The van der Waals surface area contributed by atoms with E-state index in [0.29, 0.717) is 0 Å². The first-order chi connectivity index (χ1) is 13.3. The lowest BCUT2D eigenvalue weighted by molar-refractivity contribution is -0.471. The van der Waals surface area contributed by atoms with Gasteiger partial charge in [-0.25, -0.2) is 19.6 Å². The minimum Gasteiger partial charge on any atom is -0.230 e. The molecule has 0 aliphatic carbocycles. The van der Waals surface area contributed by atoms with Crippen LogP contribution in [0.5, 0.6) is 0 Å². The first-order valence-corrected chi connectivity index (χ1v) is 11.0. The highest BCUT2D eigenvalue weighted by Gasteiger charge is 2.47. The molecule has 0 heterocycles. The quantitative estimate of drug-likeness (QED) is 0.267. The van der Waals surface area contributed by atoms with E-state index in [1.54, 1.807) is 0 Å². The predicted octanol–water partition coefficient (Wildman–Crippen LogP) is 7.37. The summed E-state index contributed by atoms with van der Waals surface area (Å²) in [4.78, 5) is 24.3. The van der Waals surface area contributed by atoms with Crippen LogP contribution in [0.15, 0.2) is 30.3 Å². The monoisotopic (exact) mass is 408 g/mol. The second-order valence-electron chi connectivity index (χ2n) is 10.5. The highest BCUT2D eigenvalue weighted by Crippen LogP contribution is 2.39. The van der Waals surface area contributed by atoms with Crippen LogP contribution in [0.3, 0.4) is 0 Å². The maximum absolute atomic E-state index is 6.16. The SMILES string of the molecule is CCCC(C)(C)OOC(C)(CCC)C(OOC(C)(C)c1ccccc1)C(C)(C)C. The lowest BCUT2D eigenvalue weighted by atomic mass is 9.77. The van der Waals surface area contributed by atoms with E-state index in [-0.39, 0.29) is 17.1 Å². The lowest BCUT2D eigenvalue weighted by Gasteiger charge is -2.44. The van der Waals surface area contributed by atoms with Gasteiger partial charge in [0.05, 0.1) is 5.60 Å². The van der Waals surface area contributed by atoms with Gasteiger partial charge in [0.1, 0.15) is 17.3 Å². The van der Waals surface area contributed by atoms with Crippen LogP contribution in [0.1, 0.15) is 100 Å². The molecule has 4 heteroatoms. The van der Waals surface area contributed by atoms with Crippen LogP contribution in [-0.4, -0.2) is 17.3 Å². The molecule has 0 aliphatic heterocycles. The van der Waals surface area contributed by atoms with E-state index in [1.165, 1.54) is 0 Å². The fourth-order valence-electron chi connectivity index (χ4n) is 3.78. The standard InChI is InChI=1S/C25H44O4/c1-11-18-23(6,7)27-29-25(10,19-12-2)21(22(3,4)5)26-28-24(8,9)20-16-14-13-15-17-20/h13-17,21H,11-12,18-19H2,1-10H3. The zero-order valence-corrected chi connectivity index (χ0v) is 20.4. The van der Waals surface area contributed by atoms with E-state index in [2.05, 4.69) is 55.4 Å². The van der Waals surface area contributed by atoms with Crippen LogP contribution in [0.2, 0.25) is 0 Å². The van der Waals surface area contributed by atoms with Gasteiger partial charge >= 0.3 is 0 Å². The lowest BCUT2D eigenvalue weighted by Crippen LogP contribution is -2.52. The molecule has 2 atom stereocenters. The maximum atomic E-state index is 6.16. The third-order valence-electron chi connectivity index (χ3n) is 5.22. The van der Waals surface area contributed by atoms with E-state index in [9.17, 15) is 0 Å². The first-order valence-electron chi connectivity index (χ1n) is 11.0. The van der Waals surface area contributed by atoms with Gasteiger partial charge in [0.2, 0.25) is 0 Å². The molecule has 0 bridgehead atoms. The van der Waals surface area contributed by atoms with E-state index < -0.39 is 11.2 Å². The number of rotatable bonds is 12. The van der Waals surface area contributed by atoms with Crippen molar-refractivity contribution in [3.05, 3.63) is 35.9 Å². The van der Waals surface area contributed by atoms with Gasteiger partial charge in [-0.3, -0.25) is 0 Å². The summed E-state index contributed by atoms with van der Waals surface area (Å²) in [6.45, 7) is 20.9. The summed E-state index contributed by atoms with van der Waals surface area (Å²) in [6.07, 6.45) is 3.39. The molecule has 0 fully saturated rings. The van der Waals surface area contributed by atoms with Crippen molar-refractivity contribution in [2.45, 2.75) is 118 Å². The summed E-state index contributed by atoms with van der Waals surface area (Å²) >= 11 is 0. The van der Waals surface area contributed by atoms with Crippen molar-refractivity contribution in [1.82, 2.24) is 0 Å². The van der Waals surface area contributed by atoms with Gasteiger partial charge in [0, 0.05) is 0 Å². The summed E-state index contributed by atoms with van der Waals surface area (Å²) in [6, 6.07) is 10.1. The molecule has 4 nitrogen and oxygen atoms in total. The van der Waals surface area contributed by atoms with E-state index >= 15 is 0 Å². The Kier molecular flexibility index (Phi) is 9.35. The van der Waals surface area contributed by atoms with Gasteiger partial charge in [0.25, 0.3) is 0 Å². The summed E-state index contributed by atoms with van der Waals surface area (Å²) in [5, 5.41) is 0. The van der Waals surface area contributed by atoms with Crippen molar-refractivity contribution in [1.29, 1.82) is 0 Å². The molecule has 1 aromatic carbocycles. The topological polar surface area (TPSA) is 36.9 Å². The Morgan fingerprint density at radius 1 is 0.724 bits per heavy atom. The molecular formula is C25H44O4. The fraction of sp³-hybridized carbons (Fsp3) is 0.760. The van der Waals surface area contributed by atoms with E-state index in [0.717, 1.165) is 31.2 Å². The molecule has 168 valence electrons. The highest BCUT2D eigenvalue weighted by atomic mass is 17.2. The summed E-state index contributed by atoms with van der Waals surface area (Å²) in [5.41, 5.74) is -0.734. The van der Waals surface area contributed by atoms with Crippen molar-refractivity contribution in [2.24, 2.45) is 5.41 Å². The third kappa shape index (κ3) is 8.01. The smallest absolute Gasteiger partial charge is 0.130 e. The largest absolute Gasteiger partial charge is 0.230 e. The summed E-state index contributed by atoms with van der Waals surface area (Å²) in [7, 11) is 0. The van der Waals surface area contributed by atoms with Gasteiger partial charge in [-0.1, -0.05) is 77.8 Å². The van der Waals surface area contributed by atoms with Crippen molar-refractivity contribution in [3.8, 4) is 0 Å². The molecule has 0 radical (unpaired) electrons. The molecule has 29 heavy (non-hydrogen) atoms. The van der Waals surface area contributed by atoms with Crippen molar-refractivity contribution in [3.63, 3.8) is 0 Å². The van der Waals surface area contributed by atoms with Gasteiger partial charge in [-0.2, -0.15) is 0 Å². The molecule has 0 N–H and O–H groups in total. The number of hydrogen-bond acceptors (Lipinski definition) is 4. The van der Waals surface area contributed by atoms with Crippen LogP contribution in [0, 0.1) is 5.41 Å². The zero-order chi connectivity index (χ0) is 22.3. The number of hydrogen-bond donors (Lipinski definition) is 0. The molecule has 0 amide bonds. The Labute approximate surface area is 179 Å². The normalized spacial score (nSPS) is 16.5. The minimum absolute atomic E-state index is 0.213. The molecule has 0 aromatic heterocycles. The van der Waals surface area contributed by atoms with Gasteiger partial charge < -0.3 is 0 Å². The van der Waals surface area contributed by atoms with Crippen LogP contribution >= 0.6 is 0 Å². The highest BCUT2D eigenvalue weighted by molar-refractivity contribution is 5.20. The Hall–Kier alpha value is -0.940. The zero-order valence-electron chi connectivity index (χ0n) is 20.4. The molecule has 1 aromatic rings. The van der Waals surface area contributed by atoms with E-state index in [4.69, 9.17) is 19.6 Å². The second-order valence-corrected chi connectivity index (χ2v) is 10.5. The predicted molar refractivity (Wildman–Crippen MR) is 119 cm³/mol. The van der Waals surface area contributed by atoms with Gasteiger partial charge in [-0.15, -0.1) is 0 Å². The van der Waals surface area contributed by atoms with Crippen molar-refractivity contribution >= 4 is 0 Å². The average Bonchev–Trinajstić information content (AvgIpc) is 2.60. The average molecular weight is 409 g/mol. The molecule has 0 saturated heterocycles. The van der Waals surface area contributed by atoms with Gasteiger partial charge in [0.15, 0.2) is 0 Å². The molecule has 0 saturated carbocycles. The Balaban J connectivity index is 3.05. The Morgan fingerprint density at radius 3 is 1.76 bits per heavy atom. The van der Waals surface area contributed by atoms with Crippen LogP contribution in [-0.2, 0) is 25.2 Å². The summed E-state index contributed by atoms with van der Waals surface area (Å²) in [5.74, 6) is 0. The van der Waals surface area contributed by atoms with Crippen LogP contribution in [0.25, 0.3) is 0 Å². The molecule has 2 unspecified atom stereocenters. The molecular weight excluding hydrogens is 364 g/mol. The van der Waals surface area contributed by atoms with Crippen molar-refractivity contribution < 1.29 is 19.6 Å².